The van der Waals surface area contributed by atoms with Crippen LogP contribution >= 0.6 is 0 Å². The van der Waals surface area contributed by atoms with Crippen molar-refractivity contribution < 1.29 is 4.52 Å². The number of aromatic nitrogens is 1. The molecule has 0 N–H and O–H groups in total. The van der Waals surface area contributed by atoms with Crippen LogP contribution in [0.25, 0.3) is 6.08 Å². The second-order valence-corrected chi connectivity index (χ2v) is 5.58. The minimum Gasteiger partial charge on any atom is -0.375 e. The van der Waals surface area contributed by atoms with Crippen molar-refractivity contribution in [2.75, 3.05) is 13.1 Å². The van der Waals surface area contributed by atoms with Gasteiger partial charge < -0.3 is 9.42 Å². The highest BCUT2D eigenvalue weighted by molar-refractivity contribution is 5.48. The van der Waals surface area contributed by atoms with Gasteiger partial charge in [-0.2, -0.15) is 0 Å². The summed E-state index contributed by atoms with van der Waals surface area (Å²) in [6.45, 7) is 6.73. The van der Waals surface area contributed by atoms with Gasteiger partial charge in [0.1, 0.15) is 0 Å². The first-order valence-electron chi connectivity index (χ1n) is 6.64. The predicted molar refractivity (Wildman–Crippen MR) is 67.5 cm³/mol. The van der Waals surface area contributed by atoms with Gasteiger partial charge in [-0.3, -0.25) is 0 Å². The molecular weight excluding hydrogens is 212 g/mol. The zero-order valence-corrected chi connectivity index (χ0v) is 10.6. The van der Waals surface area contributed by atoms with E-state index in [2.05, 4.69) is 36.0 Å². The van der Waals surface area contributed by atoms with E-state index < -0.39 is 0 Å². The van der Waals surface area contributed by atoms with E-state index in [4.69, 9.17) is 4.52 Å². The zero-order chi connectivity index (χ0) is 11.8. The summed E-state index contributed by atoms with van der Waals surface area (Å²) in [4.78, 5) is 2.50. The molecule has 0 aromatic carbocycles. The van der Waals surface area contributed by atoms with Gasteiger partial charge in [0.15, 0.2) is 5.76 Å². The molecule has 0 spiro atoms. The van der Waals surface area contributed by atoms with Crippen LogP contribution in [0.1, 0.15) is 50.5 Å². The lowest BCUT2D eigenvalue weighted by Gasteiger charge is -2.42. The molecule has 0 radical (unpaired) electrons. The maximum atomic E-state index is 5.38. The monoisotopic (exact) mass is 232 g/mol. The molecule has 3 heteroatoms. The van der Waals surface area contributed by atoms with Crippen molar-refractivity contribution in [3.8, 4) is 0 Å². The molecule has 0 saturated carbocycles. The highest BCUT2D eigenvalue weighted by Gasteiger charge is 2.28. The lowest BCUT2D eigenvalue weighted by molar-refractivity contribution is 0.162. The average molecular weight is 232 g/mol. The molecule has 0 atom stereocenters. The first-order chi connectivity index (χ1) is 8.22. The molecular formula is C14H20N2O. The minimum atomic E-state index is 0.439. The summed E-state index contributed by atoms with van der Waals surface area (Å²) in [6.07, 6.45) is 6.14. The maximum Gasteiger partial charge on any atom is 0.161 e. The van der Waals surface area contributed by atoms with Crippen LogP contribution in [0.5, 0.6) is 0 Å². The topological polar surface area (TPSA) is 29.3 Å². The SMILES string of the molecule is CC(C)c1cc(/C=C2\CC3CCN2CC3)on1. The summed E-state index contributed by atoms with van der Waals surface area (Å²) in [7, 11) is 0. The molecule has 17 heavy (non-hydrogen) atoms. The fraction of sp³-hybridized carbons (Fsp3) is 0.643. The summed E-state index contributed by atoms with van der Waals surface area (Å²) in [5.74, 6) is 2.25. The molecule has 2 bridgehead atoms. The highest BCUT2D eigenvalue weighted by Crippen LogP contribution is 2.35. The van der Waals surface area contributed by atoms with Crippen LogP contribution < -0.4 is 0 Å². The molecule has 3 aliphatic heterocycles. The van der Waals surface area contributed by atoms with Crippen LogP contribution in [0.3, 0.4) is 0 Å². The molecule has 0 aliphatic carbocycles. The van der Waals surface area contributed by atoms with Crippen molar-refractivity contribution in [1.82, 2.24) is 10.1 Å². The molecule has 1 aromatic heterocycles. The highest BCUT2D eigenvalue weighted by atomic mass is 16.5. The standard InChI is InChI=1S/C14H20N2O/c1-10(2)14-9-13(17-15-14)8-12-7-11-3-5-16(12)6-4-11/h8-11H,3-7H2,1-2H3/b12-8+. The van der Waals surface area contributed by atoms with Crippen molar-refractivity contribution in [2.45, 2.75) is 39.0 Å². The summed E-state index contributed by atoms with van der Waals surface area (Å²) in [5, 5.41) is 4.11. The Balaban J connectivity index is 1.80. The molecule has 4 rings (SSSR count). The van der Waals surface area contributed by atoms with E-state index in [1.165, 1.54) is 38.0 Å². The van der Waals surface area contributed by atoms with Gasteiger partial charge in [-0.15, -0.1) is 0 Å². The summed E-state index contributed by atoms with van der Waals surface area (Å²) in [5.41, 5.74) is 2.49. The van der Waals surface area contributed by atoms with Gasteiger partial charge in [0.2, 0.25) is 0 Å². The Morgan fingerprint density at radius 3 is 2.71 bits per heavy atom. The molecule has 3 aliphatic rings. The molecule has 1 aromatic rings. The lowest BCUT2D eigenvalue weighted by Crippen LogP contribution is -2.39. The number of rotatable bonds is 2. The average Bonchev–Trinajstić information content (AvgIpc) is 2.79. The number of hydrogen-bond acceptors (Lipinski definition) is 3. The third-order valence-corrected chi connectivity index (χ3v) is 3.97. The van der Waals surface area contributed by atoms with Crippen LogP contribution in [-0.2, 0) is 0 Å². The Bertz CT molecular complexity index is 425. The Kier molecular flexibility index (Phi) is 2.69. The van der Waals surface area contributed by atoms with Gasteiger partial charge in [0.05, 0.1) is 5.69 Å². The van der Waals surface area contributed by atoms with E-state index in [1.54, 1.807) is 0 Å². The van der Waals surface area contributed by atoms with E-state index in [1.807, 2.05) is 0 Å². The molecule has 3 saturated heterocycles. The van der Waals surface area contributed by atoms with Gasteiger partial charge in [-0.25, -0.2) is 0 Å². The normalized spacial score (nSPS) is 23.0. The van der Waals surface area contributed by atoms with Crippen molar-refractivity contribution in [3.05, 3.63) is 23.2 Å². The summed E-state index contributed by atoms with van der Waals surface area (Å²) in [6, 6.07) is 2.07. The number of piperidine rings is 3. The largest absolute Gasteiger partial charge is 0.375 e. The predicted octanol–water partition coefficient (Wildman–Crippen LogP) is 3.25. The summed E-state index contributed by atoms with van der Waals surface area (Å²) < 4.78 is 5.38. The second kappa shape index (κ2) is 4.21. The first kappa shape index (κ1) is 10.9. The van der Waals surface area contributed by atoms with Gasteiger partial charge in [-0.05, 0) is 31.1 Å². The van der Waals surface area contributed by atoms with Crippen LogP contribution in [0.2, 0.25) is 0 Å². The van der Waals surface area contributed by atoms with Gasteiger partial charge in [-0.1, -0.05) is 19.0 Å². The van der Waals surface area contributed by atoms with Crippen LogP contribution in [0.15, 0.2) is 16.3 Å². The smallest absolute Gasteiger partial charge is 0.161 e. The van der Waals surface area contributed by atoms with Crippen molar-refractivity contribution in [3.63, 3.8) is 0 Å². The van der Waals surface area contributed by atoms with E-state index >= 15 is 0 Å². The Hall–Kier alpha value is -1.25. The fourth-order valence-corrected chi connectivity index (χ4v) is 2.81. The van der Waals surface area contributed by atoms with Crippen molar-refractivity contribution >= 4 is 6.08 Å². The number of fused-ring (bicyclic) bond motifs is 3. The number of allylic oxidation sites excluding steroid dienone is 1. The fourth-order valence-electron chi connectivity index (χ4n) is 2.81. The maximum absolute atomic E-state index is 5.38. The van der Waals surface area contributed by atoms with E-state index in [0.717, 1.165) is 17.4 Å². The lowest BCUT2D eigenvalue weighted by atomic mass is 9.86. The molecule has 0 amide bonds. The van der Waals surface area contributed by atoms with Crippen molar-refractivity contribution in [1.29, 1.82) is 0 Å². The third-order valence-electron chi connectivity index (χ3n) is 3.97. The minimum absolute atomic E-state index is 0.439. The molecule has 92 valence electrons. The number of hydrogen-bond donors (Lipinski definition) is 0. The van der Waals surface area contributed by atoms with Gasteiger partial charge in [0.25, 0.3) is 0 Å². The zero-order valence-electron chi connectivity index (χ0n) is 10.6. The third kappa shape index (κ3) is 2.11. The van der Waals surface area contributed by atoms with E-state index in [-0.39, 0.29) is 0 Å². The first-order valence-corrected chi connectivity index (χ1v) is 6.64. The number of nitrogens with zero attached hydrogens (tertiary/aromatic N) is 2. The Morgan fingerprint density at radius 1 is 1.41 bits per heavy atom. The van der Waals surface area contributed by atoms with E-state index in [9.17, 15) is 0 Å². The molecule has 3 fully saturated rings. The molecule has 4 heterocycles. The molecule has 0 unspecified atom stereocenters. The van der Waals surface area contributed by atoms with Crippen LogP contribution in [0.4, 0.5) is 0 Å². The van der Waals surface area contributed by atoms with Crippen LogP contribution in [0, 0.1) is 5.92 Å². The molecule has 3 nitrogen and oxygen atoms in total. The summed E-state index contributed by atoms with van der Waals surface area (Å²) >= 11 is 0. The van der Waals surface area contributed by atoms with Gasteiger partial charge in [0, 0.05) is 30.9 Å². The van der Waals surface area contributed by atoms with E-state index in [0.29, 0.717) is 5.92 Å². The van der Waals surface area contributed by atoms with Gasteiger partial charge >= 0.3 is 0 Å². The second-order valence-electron chi connectivity index (χ2n) is 5.58. The quantitative estimate of drug-likeness (QED) is 0.783. The van der Waals surface area contributed by atoms with Crippen molar-refractivity contribution in [2.24, 2.45) is 5.92 Å². The Labute approximate surface area is 102 Å². The Morgan fingerprint density at radius 2 is 2.18 bits per heavy atom. The van der Waals surface area contributed by atoms with Crippen LogP contribution in [-0.4, -0.2) is 23.1 Å².